The average Bonchev–Trinajstić information content (AvgIpc) is 2.44. The Morgan fingerprint density at radius 2 is 2.21 bits per heavy atom. The lowest BCUT2D eigenvalue weighted by Crippen LogP contribution is -2.41. The molecule has 0 N–H and O–H groups in total. The Hall–Kier alpha value is -1.06. The van der Waals surface area contributed by atoms with Crippen LogP contribution in [-0.4, -0.2) is 36.5 Å². The van der Waals surface area contributed by atoms with Crippen LogP contribution in [0.2, 0.25) is 0 Å². The molecule has 0 aromatic carbocycles. The molecule has 4 nitrogen and oxygen atoms in total. The van der Waals surface area contributed by atoms with E-state index >= 15 is 0 Å². The van der Waals surface area contributed by atoms with Crippen molar-refractivity contribution in [1.29, 1.82) is 0 Å². The molecule has 1 amide bonds. The first-order valence-electron chi connectivity index (χ1n) is 5.09. The number of hydrogen-bond donors (Lipinski definition) is 0. The summed E-state index contributed by atoms with van der Waals surface area (Å²) in [6.07, 6.45) is 3.74. The summed E-state index contributed by atoms with van der Waals surface area (Å²) in [6.45, 7) is 0.566. The Morgan fingerprint density at radius 3 is 2.71 bits per heavy atom. The van der Waals surface area contributed by atoms with E-state index in [-0.39, 0.29) is 17.8 Å². The highest BCUT2D eigenvalue weighted by Gasteiger charge is 2.39. The van der Waals surface area contributed by atoms with E-state index in [4.69, 9.17) is 0 Å². The third kappa shape index (κ3) is 1.49. The third-order valence-electron chi connectivity index (χ3n) is 3.21. The van der Waals surface area contributed by atoms with Gasteiger partial charge in [-0.1, -0.05) is 0 Å². The quantitative estimate of drug-likeness (QED) is 0.608. The van der Waals surface area contributed by atoms with Crippen LogP contribution >= 0.6 is 0 Å². The number of carbonyl (C=O) groups excluding carboxylic acids is 2. The van der Waals surface area contributed by atoms with Gasteiger partial charge in [0.1, 0.15) is 0 Å². The van der Waals surface area contributed by atoms with E-state index in [2.05, 4.69) is 4.74 Å². The molecule has 2 fully saturated rings. The highest BCUT2D eigenvalue weighted by atomic mass is 16.5. The minimum absolute atomic E-state index is 0.116. The monoisotopic (exact) mass is 197 g/mol. The average molecular weight is 197 g/mol. The zero-order valence-electron chi connectivity index (χ0n) is 8.36. The summed E-state index contributed by atoms with van der Waals surface area (Å²) in [4.78, 5) is 24.6. The van der Waals surface area contributed by atoms with E-state index in [0.29, 0.717) is 19.0 Å². The second-order valence-electron chi connectivity index (χ2n) is 4.06. The van der Waals surface area contributed by atoms with Gasteiger partial charge in [-0.25, -0.2) is 0 Å². The molecule has 1 unspecified atom stereocenters. The number of carbonyl (C=O) groups is 2. The van der Waals surface area contributed by atoms with Crippen molar-refractivity contribution in [2.24, 2.45) is 5.92 Å². The molecular weight excluding hydrogens is 182 g/mol. The lowest BCUT2D eigenvalue weighted by atomic mass is 9.92. The minimum Gasteiger partial charge on any atom is -0.469 e. The second-order valence-corrected chi connectivity index (χ2v) is 4.06. The van der Waals surface area contributed by atoms with Crippen molar-refractivity contribution in [3.8, 4) is 0 Å². The fourth-order valence-corrected chi connectivity index (χ4v) is 2.11. The standard InChI is InChI=1S/C10H15NO3/c1-14-10(13)7-5-9(12)11(6-7)8-3-2-4-8/h7-8H,2-6H2,1H3. The summed E-state index contributed by atoms with van der Waals surface area (Å²) in [6, 6.07) is 0.400. The van der Waals surface area contributed by atoms with Crippen molar-refractivity contribution >= 4 is 11.9 Å². The molecule has 2 rings (SSSR count). The number of amides is 1. The maximum Gasteiger partial charge on any atom is 0.310 e. The number of nitrogens with zero attached hydrogens (tertiary/aromatic N) is 1. The number of rotatable bonds is 2. The largest absolute Gasteiger partial charge is 0.469 e. The number of likely N-dealkylation sites (tertiary alicyclic amines) is 1. The highest BCUT2D eigenvalue weighted by molar-refractivity contribution is 5.87. The molecule has 0 spiro atoms. The van der Waals surface area contributed by atoms with Gasteiger partial charge in [0.05, 0.1) is 13.0 Å². The van der Waals surface area contributed by atoms with Crippen molar-refractivity contribution in [3.63, 3.8) is 0 Å². The van der Waals surface area contributed by atoms with E-state index in [1.54, 1.807) is 0 Å². The molecule has 0 aromatic rings. The minimum atomic E-state index is -0.250. The maximum atomic E-state index is 11.6. The van der Waals surface area contributed by atoms with Crippen molar-refractivity contribution in [1.82, 2.24) is 4.90 Å². The first-order valence-corrected chi connectivity index (χ1v) is 5.09. The first kappa shape index (κ1) is 9.49. The predicted octanol–water partition coefficient (Wildman–Crippen LogP) is 0.560. The van der Waals surface area contributed by atoms with Crippen LogP contribution in [0.3, 0.4) is 0 Å². The van der Waals surface area contributed by atoms with E-state index in [1.807, 2.05) is 4.90 Å². The van der Waals surface area contributed by atoms with Crippen LogP contribution in [0.1, 0.15) is 25.7 Å². The van der Waals surface area contributed by atoms with Gasteiger partial charge >= 0.3 is 5.97 Å². The maximum absolute atomic E-state index is 11.6. The van der Waals surface area contributed by atoms with E-state index in [9.17, 15) is 9.59 Å². The van der Waals surface area contributed by atoms with Crippen molar-refractivity contribution in [2.45, 2.75) is 31.7 Å². The van der Waals surface area contributed by atoms with Crippen LogP contribution in [0.15, 0.2) is 0 Å². The van der Waals surface area contributed by atoms with Gasteiger partial charge in [-0.3, -0.25) is 9.59 Å². The summed E-state index contributed by atoms with van der Waals surface area (Å²) >= 11 is 0. The fraction of sp³-hybridized carbons (Fsp3) is 0.800. The SMILES string of the molecule is COC(=O)C1CC(=O)N(C2CCC2)C1. The summed E-state index contributed by atoms with van der Waals surface area (Å²) < 4.78 is 4.64. The van der Waals surface area contributed by atoms with Crippen molar-refractivity contribution < 1.29 is 14.3 Å². The van der Waals surface area contributed by atoms with Gasteiger partial charge in [0.2, 0.25) is 5.91 Å². The molecule has 14 heavy (non-hydrogen) atoms. The van der Waals surface area contributed by atoms with Crippen LogP contribution < -0.4 is 0 Å². The molecule has 1 aliphatic heterocycles. The molecule has 0 bridgehead atoms. The topological polar surface area (TPSA) is 46.6 Å². The van der Waals surface area contributed by atoms with E-state index in [0.717, 1.165) is 12.8 Å². The number of methoxy groups -OCH3 is 1. The highest BCUT2D eigenvalue weighted by Crippen LogP contribution is 2.30. The predicted molar refractivity (Wildman–Crippen MR) is 49.5 cm³/mol. The van der Waals surface area contributed by atoms with Gasteiger partial charge in [0.15, 0.2) is 0 Å². The van der Waals surface area contributed by atoms with E-state index in [1.165, 1.54) is 13.5 Å². The van der Waals surface area contributed by atoms with Crippen LogP contribution in [-0.2, 0) is 14.3 Å². The normalized spacial score (nSPS) is 27.6. The molecule has 1 saturated carbocycles. The van der Waals surface area contributed by atoms with Gasteiger partial charge in [0.25, 0.3) is 0 Å². The molecule has 1 atom stereocenters. The molecule has 4 heteroatoms. The number of ether oxygens (including phenoxy) is 1. The fourth-order valence-electron chi connectivity index (χ4n) is 2.11. The molecule has 78 valence electrons. The Bertz CT molecular complexity index is 260. The molecule has 1 saturated heterocycles. The number of hydrogen-bond acceptors (Lipinski definition) is 3. The van der Waals surface area contributed by atoms with Crippen molar-refractivity contribution in [3.05, 3.63) is 0 Å². The van der Waals surface area contributed by atoms with Gasteiger partial charge in [-0.15, -0.1) is 0 Å². The second kappa shape index (κ2) is 3.59. The molecule has 0 radical (unpaired) electrons. The Kier molecular flexibility index (Phi) is 2.44. The smallest absolute Gasteiger partial charge is 0.310 e. The van der Waals surface area contributed by atoms with Crippen LogP contribution in [0, 0.1) is 5.92 Å². The number of esters is 1. The van der Waals surface area contributed by atoms with Crippen LogP contribution in [0.4, 0.5) is 0 Å². The summed E-state index contributed by atoms with van der Waals surface area (Å²) in [5.41, 5.74) is 0. The third-order valence-corrected chi connectivity index (χ3v) is 3.21. The Morgan fingerprint density at radius 1 is 1.50 bits per heavy atom. The lowest BCUT2D eigenvalue weighted by molar-refractivity contribution is -0.145. The van der Waals surface area contributed by atoms with Gasteiger partial charge in [-0.05, 0) is 19.3 Å². The Labute approximate surface area is 83.2 Å². The Balaban J connectivity index is 1.96. The van der Waals surface area contributed by atoms with E-state index < -0.39 is 0 Å². The molecule has 2 aliphatic rings. The van der Waals surface area contributed by atoms with Crippen molar-refractivity contribution in [2.75, 3.05) is 13.7 Å². The van der Waals surface area contributed by atoms with Gasteiger partial charge in [0, 0.05) is 19.0 Å². The zero-order chi connectivity index (χ0) is 10.1. The zero-order valence-corrected chi connectivity index (χ0v) is 8.36. The summed E-state index contributed by atoms with van der Waals surface area (Å²) in [7, 11) is 1.37. The molecule has 1 heterocycles. The van der Waals surface area contributed by atoms with Crippen LogP contribution in [0.25, 0.3) is 0 Å². The molecule has 1 aliphatic carbocycles. The van der Waals surface area contributed by atoms with Gasteiger partial charge in [-0.2, -0.15) is 0 Å². The molecular formula is C10H15NO3. The first-order chi connectivity index (χ1) is 6.72. The van der Waals surface area contributed by atoms with Crippen LogP contribution in [0.5, 0.6) is 0 Å². The summed E-state index contributed by atoms with van der Waals surface area (Å²) in [5, 5.41) is 0. The summed E-state index contributed by atoms with van der Waals surface area (Å²) in [5.74, 6) is -0.363. The van der Waals surface area contributed by atoms with Gasteiger partial charge < -0.3 is 9.64 Å². The lowest BCUT2D eigenvalue weighted by Gasteiger charge is -2.34. The molecule has 0 aromatic heterocycles.